The Morgan fingerprint density at radius 3 is 2.84 bits per heavy atom. The van der Waals surface area contributed by atoms with Gasteiger partial charge in [-0.05, 0) is 50.1 Å². The lowest BCUT2D eigenvalue weighted by atomic mass is 10.1. The molecule has 1 aliphatic heterocycles. The highest BCUT2D eigenvalue weighted by Gasteiger charge is 2.23. The van der Waals surface area contributed by atoms with Crippen LogP contribution in [0.1, 0.15) is 12.0 Å². The van der Waals surface area contributed by atoms with Gasteiger partial charge in [0.05, 0.1) is 0 Å². The van der Waals surface area contributed by atoms with Crippen LogP contribution in [0.15, 0.2) is 30.5 Å². The fraction of sp³-hybridized carbons (Fsp3) is 0.500. The molecular formula is C16H23N3. The van der Waals surface area contributed by atoms with Gasteiger partial charge in [0, 0.05) is 37.9 Å². The monoisotopic (exact) mass is 257 g/mol. The van der Waals surface area contributed by atoms with Gasteiger partial charge in [0.15, 0.2) is 0 Å². The van der Waals surface area contributed by atoms with E-state index in [1.165, 1.54) is 36.0 Å². The maximum atomic E-state index is 2.49. The molecule has 0 unspecified atom stereocenters. The highest BCUT2D eigenvalue weighted by molar-refractivity contribution is 5.80. The number of nitrogens with zero attached hydrogens (tertiary/aromatic N) is 3. The molecule has 1 aromatic heterocycles. The third-order valence-corrected chi connectivity index (χ3v) is 4.37. The van der Waals surface area contributed by atoms with E-state index in [1.807, 2.05) is 0 Å². The summed E-state index contributed by atoms with van der Waals surface area (Å²) in [5, 5.41) is 1.33. The largest absolute Gasteiger partial charge is 0.351 e. The molecule has 2 heterocycles. The molecule has 1 atom stereocenters. The minimum Gasteiger partial charge on any atom is -0.351 e. The van der Waals surface area contributed by atoms with Crippen molar-refractivity contribution in [2.45, 2.75) is 19.0 Å². The third-order valence-electron chi connectivity index (χ3n) is 4.37. The Kier molecular flexibility index (Phi) is 3.33. The molecule has 2 aromatic rings. The second-order valence-corrected chi connectivity index (χ2v) is 5.94. The van der Waals surface area contributed by atoms with Crippen molar-refractivity contribution in [2.75, 3.05) is 27.2 Å². The number of hydrogen-bond donors (Lipinski definition) is 0. The molecule has 0 aliphatic carbocycles. The second-order valence-electron chi connectivity index (χ2n) is 5.94. The third kappa shape index (κ3) is 2.53. The van der Waals surface area contributed by atoms with Gasteiger partial charge in [-0.2, -0.15) is 0 Å². The lowest BCUT2D eigenvalue weighted by Crippen LogP contribution is -2.33. The Bertz CT molecular complexity index is 572. The molecular weight excluding hydrogens is 234 g/mol. The first-order chi connectivity index (χ1) is 9.13. The molecule has 0 saturated carbocycles. The zero-order valence-corrected chi connectivity index (χ0v) is 12.1. The van der Waals surface area contributed by atoms with E-state index in [9.17, 15) is 0 Å². The van der Waals surface area contributed by atoms with Crippen molar-refractivity contribution in [3.8, 4) is 0 Å². The minimum absolute atomic E-state index is 0.703. The number of benzene rings is 1. The van der Waals surface area contributed by atoms with Crippen LogP contribution in [0.5, 0.6) is 0 Å². The number of aromatic nitrogens is 1. The number of likely N-dealkylation sites (N-methyl/N-ethyl adjacent to an activating group) is 2. The molecule has 3 nitrogen and oxygen atoms in total. The zero-order valence-electron chi connectivity index (χ0n) is 12.1. The van der Waals surface area contributed by atoms with Crippen molar-refractivity contribution < 1.29 is 0 Å². The van der Waals surface area contributed by atoms with E-state index in [-0.39, 0.29) is 0 Å². The highest BCUT2D eigenvalue weighted by Crippen LogP contribution is 2.19. The standard InChI is InChI=1S/C16H23N3/c1-17-8-7-15(12-17)19(3)11-13-4-5-14-6-9-18(2)16(14)10-13/h4-6,9-10,15H,7-8,11-12H2,1-3H3/t15-/m1/s1. The van der Waals surface area contributed by atoms with Crippen molar-refractivity contribution in [3.63, 3.8) is 0 Å². The van der Waals surface area contributed by atoms with Crippen LogP contribution in [0.2, 0.25) is 0 Å². The van der Waals surface area contributed by atoms with E-state index in [0.29, 0.717) is 6.04 Å². The van der Waals surface area contributed by atoms with E-state index in [2.05, 4.69) is 66.0 Å². The van der Waals surface area contributed by atoms with Crippen molar-refractivity contribution >= 4 is 10.9 Å². The van der Waals surface area contributed by atoms with Gasteiger partial charge in [-0.15, -0.1) is 0 Å². The predicted octanol–water partition coefficient (Wildman–Crippen LogP) is 2.31. The Labute approximate surface area is 115 Å². The van der Waals surface area contributed by atoms with Crippen molar-refractivity contribution in [2.24, 2.45) is 7.05 Å². The number of aryl methyl sites for hydroxylation is 1. The summed E-state index contributed by atoms with van der Waals surface area (Å²) in [4.78, 5) is 4.91. The zero-order chi connectivity index (χ0) is 13.4. The molecule has 1 saturated heterocycles. The Morgan fingerprint density at radius 1 is 1.26 bits per heavy atom. The summed E-state index contributed by atoms with van der Waals surface area (Å²) in [6, 6.07) is 9.70. The number of likely N-dealkylation sites (tertiary alicyclic amines) is 1. The first-order valence-corrected chi connectivity index (χ1v) is 7.06. The molecule has 0 bridgehead atoms. The van der Waals surface area contributed by atoms with Gasteiger partial charge in [0.2, 0.25) is 0 Å². The van der Waals surface area contributed by atoms with Crippen LogP contribution < -0.4 is 0 Å². The van der Waals surface area contributed by atoms with Crippen LogP contribution in [0, 0.1) is 0 Å². The topological polar surface area (TPSA) is 11.4 Å². The fourth-order valence-electron chi connectivity index (χ4n) is 3.10. The van der Waals surface area contributed by atoms with E-state index in [4.69, 9.17) is 0 Å². The van der Waals surface area contributed by atoms with Gasteiger partial charge >= 0.3 is 0 Å². The van der Waals surface area contributed by atoms with Crippen LogP contribution in [-0.4, -0.2) is 47.6 Å². The van der Waals surface area contributed by atoms with Crippen molar-refractivity contribution in [3.05, 3.63) is 36.0 Å². The molecule has 0 radical (unpaired) electrons. The van der Waals surface area contributed by atoms with Gasteiger partial charge in [-0.1, -0.05) is 12.1 Å². The average molecular weight is 257 g/mol. The molecule has 19 heavy (non-hydrogen) atoms. The van der Waals surface area contributed by atoms with Crippen LogP contribution in [0.25, 0.3) is 10.9 Å². The lowest BCUT2D eigenvalue weighted by Gasteiger charge is -2.24. The first-order valence-electron chi connectivity index (χ1n) is 7.06. The summed E-state index contributed by atoms with van der Waals surface area (Å²) in [7, 11) is 6.57. The molecule has 1 aliphatic rings. The van der Waals surface area contributed by atoms with Crippen LogP contribution >= 0.6 is 0 Å². The molecule has 3 rings (SSSR count). The summed E-state index contributed by atoms with van der Waals surface area (Å²) in [6.45, 7) is 3.47. The van der Waals surface area contributed by atoms with Crippen LogP contribution in [0.3, 0.4) is 0 Å². The summed E-state index contributed by atoms with van der Waals surface area (Å²) >= 11 is 0. The first kappa shape index (κ1) is 12.7. The van der Waals surface area contributed by atoms with E-state index >= 15 is 0 Å². The average Bonchev–Trinajstić information content (AvgIpc) is 2.97. The lowest BCUT2D eigenvalue weighted by molar-refractivity contribution is 0.234. The Hall–Kier alpha value is -1.32. The van der Waals surface area contributed by atoms with Gasteiger partial charge in [-0.3, -0.25) is 4.90 Å². The van der Waals surface area contributed by atoms with Crippen molar-refractivity contribution in [1.82, 2.24) is 14.4 Å². The number of hydrogen-bond acceptors (Lipinski definition) is 2. The molecule has 3 heteroatoms. The molecule has 0 spiro atoms. The summed E-state index contributed by atoms with van der Waals surface area (Å²) < 4.78 is 2.20. The molecule has 1 fully saturated rings. The summed E-state index contributed by atoms with van der Waals surface area (Å²) in [6.07, 6.45) is 3.42. The van der Waals surface area contributed by atoms with E-state index < -0.39 is 0 Å². The highest BCUT2D eigenvalue weighted by atomic mass is 15.2. The predicted molar refractivity (Wildman–Crippen MR) is 80.3 cm³/mol. The molecule has 0 amide bonds. The maximum absolute atomic E-state index is 2.49. The van der Waals surface area contributed by atoms with Gasteiger partial charge < -0.3 is 9.47 Å². The molecule has 0 N–H and O–H groups in total. The second kappa shape index (κ2) is 4.99. The Balaban J connectivity index is 1.75. The smallest absolute Gasteiger partial charge is 0.0480 e. The van der Waals surface area contributed by atoms with Gasteiger partial charge in [-0.25, -0.2) is 0 Å². The van der Waals surface area contributed by atoms with E-state index in [0.717, 1.165) is 6.54 Å². The van der Waals surface area contributed by atoms with Crippen molar-refractivity contribution in [1.29, 1.82) is 0 Å². The number of rotatable bonds is 3. The van der Waals surface area contributed by atoms with E-state index in [1.54, 1.807) is 0 Å². The SMILES string of the molecule is CN1CC[C@@H](N(C)Cc2ccc3ccn(C)c3c2)C1. The molecule has 1 aromatic carbocycles. The summed E-state index contributed by atoms with van der Waals surface area (Å²) in [5.41, 5.74) is 2.74. The summed E-state index contributed by atoms with van der Waals surface area (Å²) in [5.74, 6) is 0. The molecule has 102 valence electrons. The van der Waals surface area contributed by atoms with Gasteiger partial charge in [0.1, 0.15) is 0 Å². The maximum Gasteiger partial charge on any atom is 0.0480 e. The quantitative estimate of drug-likeness (QED) is 0.836. The Morgan fingerprint density at radius 2 is 2.11 bits per heavy atom. The number of fused-ring (bicyclic) bond motifs is 1. The fourth-order valence-corrected chi connectivity index (χ4v) is 3.10. The van der Waals surface area contributed by atoms with Crippen LogP contribution in [-0.2, 0) is 13.6 Å². The van der Waals surface area contributed by atoms with Crippen LogP contribution in [0.4, 0.5) is 0 Å². The van der Waals surface area contributed by atoms with Gasteiger partial charge in [0.25, 0.3) is 0 Å². The minimum atomic E-state index is 0.703. The normalized spacial score (nSPS) is 20.7.